The lowest BCUT2D eigenvalue weighted by Gasteiger charge is -2.35. The van der Waals surface area contributed by atoms with E-state index < -0.39 is 0 Å². The van der Waals surface area contributed by atoms with Gasteiger partial charge in [-0.05, 0) is 24.0 Å². The summed E-state index contributed by atoms with van der Waals surface area (Å²) in [6.07, 6.45) is 12.9. The molecule has 31 heavy (non-hydrogen) atoms. The van der Waals surface area contributed by atoms with Crippen molar-refractivity contribution in [3.63, 3.8) is 0 Å². The summed E-state index contributed by atoms with van der Waals surface area (Å²) >= 11 is 0. The third-order valence-corrected chi connectivity index (χ3v) is 5.77. The summed E-state index contributed by atoms with van der Waals surface area (Å²) in [6.45, 7) is 8.06. The topological polar surface area (TPSA) is 67.4 Å². The van der Waals surface area contributed by atoms with E-state index in [0.29, 0.717) is 5.92 Å². The summed E-state index contributed by atoms with van der Waals surface area (Å²) in [6, 6.07) is 4.29. The van der Waals surface area contributed by atoms with E-state index in [0.717, 1.165) is 55.2 Å². The highest BCUT2D eigenvalue weighted by Crippen LogP contribution is 2.26. The summed E-state index contributed by atoms with van der Waals surface area (Å²) < 4.78 is 3.77. The van der Waals surface area contributed by atoms with Crippen molar-refractivity contribution in [1.29, 1.82) is 0 Å². The number of hydrogen-bond acceptors (Lipinski definition) is 6. The predicted octanol–water partition coefficient (Wildman–Crippen LogP) is 3.05. The van der Waals surface area contributed by atoms with Crippen LogP contribution in [-0.4, -0.2) is 55.5 Å². The largest absolute Gasteiger partial charge is 0.365 e. The minimum Gasteiger partial charge on any atom is -0.365 e. The van der Waals surface area contributed by atoms with Crippen LogP contribution in [0.5, 0.6) is 0 Å². The molecule has 0 N–H and O–H groups in total. The maximum Gasteiger partial charge on any atom is 0.225 e. The zero-order valence-corrected chi connectivity index (χ0v) is 18.3. The van der Waals surface area contributed by atoms with Gasteiger partial charge in [-0.15, -0.1) is 0 Å². The molecule has 4 aromatic heterocycles. The van der Waals surface area contributed by atoms with Crippen molar-refractivity contribution in [3.8, 4) is 11.1 Å². The van der Waals surface area contributed by atoms with Gasteiger partial charge in [0.2, 0.25) is 5.95 Å². The fourth-order valence-corrected chi connectivity index (χ4v) is 4.19. The maximum atomic E-state index is 4.61. The van der Waals surface area contributed by atoms with Crippen LogP contribution in [0.3, 0.4) is 0 Å². The zero-order valence-electron chi connectivity index (χ0n) is 18.3. The average Bonchev–Trinajstić information content (AvgIpc) is 3.40. The van der Waals surface area contributed by atoms with Crippen LogP contribution in [0.4, 0.5) is 11.6 Å². The molecule has 5 rings (SSSR count). The number of hydrogen-bond donors (Lipinski definition) is 0. The van der Waals surface area contributed by atoms with Gasteiger partial charge in [0, 0.05) is 69.1 Å². The number of aromatic nitrogens is 6. The highest BCUT2D eigenvalue weighted by Gasteiger charge is 2.21. The normalized spacial score (nSPS) is 14.7. The van der Waals surface area contributed by atoms with Crippen LogP contribution < -0.4 is 9.80 Å². The van der Waals surface area contributed by atoms with Gasteiger partial charge in [0.05, 0.1) is 23.6 Å². The van der Waals surface area contributed by atoms with Crippen LogP contribution in [0.25, 0.3) is 16.6 Å². The monoisotopic (exact) mass is 416 g/mol. The molecule has 1 aliphatic heterocycles. The molecule has 160 valence electrons. The first-order valence-corrected chi connectivity index (χ1v) is 10.8. The SMILES string of the molecule is CC(C)Cc1cnc(N2CCN(c3cnn4cc(-c5cnn(C)c5)ccc34)CC2)nc1. The van der Waals surface area contributed by atoms with Crippen molar-refractivity contribution in [2.24, 2.45) is 13.0 Å². The van der Waals surface area contributed by atoms with Gasteiger partial charge >= 0.3 is 0 Å². The first kappa shape index (κ1) is 19.5. The van der Waals surface area contributed by atoms with Gasteiger partial charge in [-0.2, -0.15) is 10.2 Å². The van der Waals surface area contributed by atoms with Gasteiger partial charge < -0.3 is 9.80 Å². The lowest BCUT2D eigenvalue weighted by Crippen LogP contribution is -2.47. The lowest BCUT2D eigenvalue weighted by molar-refractivity contribution is 0.631. The van der Waals surface area contributed by atoms with Gasteiger partial charge in [0.1, 0.15) is 0 Å². The summed E-state index contributed by atoms with van der Waals surface area (Å²) in [5.41, 5.74) is 5.70. The Bertz CT molecular complexity index is 1170. The van der Waals surface area contributed by atoms with Crippen LogP contribution in [0.2, 0.25) is 0 Å². The molecule has 4 aromatic rings. The number of piperazine rings is 1. The first-order valence-electron chi connectivity index (χ1n) is 10.8. The van der Waals surface area contributed by atoms with E-state index in [2.05, 4.69) is 62.1 Å². The lowest BCUT2D eigenvalue weighted by atomic mass is 10.1. The van der Waals surface area contributed by atoms with Crippen LogP contribution in [0.15, 0.2) is 49.3 Å². The Kier molecular flexibility index (Phi) is 5.05. The number of aryl methyl sites for hydroxylation is 1. The molecule has 1 saturated heterocycles. The second-order valence-corrected chi connectivity index (χ2v) is 8.64. The van der Waals surface area contributed by atoms with Crippen LogP contribution >= 0.6 is 0 Å². The van der Waals surface area contributed by atoms with Crippen LogP contribution in [0, 0.1) is 5.92 Å². The van der Waals surface area contributed by atoms with Crippen molar-refractivity contribution < 1.29 is 0 Å². The minimum absolute atomic E-state index is 0.615. The average molecular weight is 417 g/mol. The highest BCUT2D eigenvalue weighted by molar-refractivity contribution is 5.75. The molecule has 8 nitrogen and oxygen atoms in total. The van der Waals surface area contributed by atoms with E-state index in [1.807, 2.05) is 47.2 Å². The Hall–Kier alpha value is -3.42. The van der Waals surface area contributed by atoms with Gasteiger partial charge in [-0.3, -0.25) is 4.68 Å². The number of nitrogens with zero attached hydrogens (tertiary/aromatic N) is 8. The van der Waals surface area contributed by atoms with Crippen molar-refractivity contribution in [2.75, 3.05) is 36.0 Å². The summed E-state index contributed by atoms with van der Waals surface area (Å²) in [5.74, 6) is 1.44. The number of anilines is 2. The molecule has 0 atom stereocenters. The fraction of sp³-hybridized carbons (Fsp3) is 0.391. The Morgan fingerprint density at radius 3 is 2.26 bits per heavy atom. The molecule has 0 unspecified atom stereocenters. The third kappa shape index (κ3) is 3.97. The van der Waals surface area contributed by atoms with Gasteiger partial charge in [0.15, 0.2) is 0 Å². The van der Waals surface area contributed by atoms with Gasteiger partial charge in [-0.25, -0.2) is 14.5 Å². The Morgan fingerprint density at radius 2 is 1.58 bits per heavy atom. The molecular formula is C23H28N8. The van der Waals surface area contributed by atoms with Crippen molar-refractivity contribution >= 4 is 17.2 Å². The Labute approximate surface area is 182 Å². The van der Waals surface area contributed by atoms with Crippen LogP contribution in [-0.2, 0) is 13.5 Å². The van der Waals surface area contributed by atoms with Crippen molar-refractivity contribution in [2.45, 2.75) is 20.3 Å². The molecule has 5 heterocycles. The molecule has 1 aliphatic rings. The molecule has 0 aromatic carbocycles. The molecule has 0 spiro atoms. The minimum atomic E-state index is 0.615. The van der Waals surface area contributed by atoms with E-state index in [4.69, 9.17) is 0 Å². The predicted molar refractivity (Wildman–Crippen MR) is 122 cm³/mol. The second-order valence-electron chi connectivity index (χ2n) is 8.64. The molecule has 1 fully saturated rings. The Morgan fingerprint density at radius 1 is 0.839 bits per heavy atom. The molecule has 0 saturated carbocycles. The molecule has 0 bridgehead atoms. The Balaban J connectivity index is 1.28. The fourth-order valence-electron chi connectivity index (χ4n) is 4.19. The number of pyridine rings is 1. The maximum absolute atomic E-state index is 4.61. The van der Waals surface area contributed by atoms with Crippen LogP contribution in [0.1, 0.15) is 19.4 Å². The van der Waals surface area contributed by atoms with E-state index >= 15 is 0 Å². The molecular weight excluding hydrogens is 388 g/mol. The van der Waals surface area contributed by atoms with Gasteiger partial charge in [0.25, 0.3) is 0 Å². The summed E-state index contributed by atoms with van der Waals surface area (Å²) in [5, 5.41) is 8.87. The summed E-state index contributed by atoms with van der Waals surface area (Å²) in [4.78, 5) is 13.9. The summed E-state index contributed by atoms with van der Waals surface area (Å²) in [7, 11) is 1.93. The smallest absolute Gasteiger partial charge is 0.225 e. The number of fused-ring (bicyclic) bond motifs is 1. The quantitative estimate of drug-likeness (QED) is 0.498. The van der Waals surface area contributed by atoms with E-state index in [1.165, 1.54) is 11.3 Å². The highest BCUT2D eigenvalue weighted by atomic mass is 15.3. The van der Waals surface area contributed by atoms with E-state index in [9.17, 15) is 0 Å². The second kappa shape index (κ2) is 8.02. The van der Waals surface area contributed by atoms with E-state index in [1.54, 1.807) is 0 Å². The van der Waals surface area contributed by atoms with Gasteiger partial charge in [-0.1, -0.05) is 19.9 Å². The zero-order chi connectivity index (χ0) is 21.4. The molecule has 0 radical (unpaired) electrons. The first-order chi connectivity index (χ1) is 15.1. The van der Waals surface area contributed by atoms with E-state index in [-0.39, 0.29) is 0 Å². The number of rotatable bonds is 5. The molecule has 0 amide bonds. The molecule has 0 aliphatic carbocycles. The van der Waals surface area contributed by atoms with Crippen molar-refractivity contribution in [3.05, 3.63) is 54.9 Å². The standard InChI is InChI=1S/C23H28N8/c1-17(2)10-18-11-24-23(25-12-18)30-8-6-29(7-9-30)22-14-27-31-16-19(4-5-21(22)31)20-13-26-28(3)15-20/h4-5,11-17H,6-10H2,1-3H3. The molecule has 8 heteroatoms. The van der Waals surface area contributed by atoms with Crippen molar-refractivity contribution in [1.82, 2.24) is 29.4 Å². The third-order valence-electron chi connectivity index (χ3n) is 5.77.